The molecule has 0 aliphatic heterocycles. The van der Waals surface area contributed by atoms with Crippen LogP contribution in [0.25, 0.3) is 6.08 Å². The molecule has 5 nitrogen and oxygen atoms in total. The molecule has 0 aliphatic rings. The molecule has 1 atom stereocenters. The zero-order valence-corrected chi connectivity index (χ0v) is 14.2. The Balaban J connectivity index is 2.39. The molecule has 0 unspecified atom stereocenters. The lowest BCUT2D eigenvalue weighted by Gasteiger charge is -2.16. The Morgan fingerprint density at radius 2 is 1.83 bits per heavy atom. The first-order valence-corrected chi connectivity index (χ1v) is 7.79. The fourth-order valence-corrected chi connectivity index (χ4v) is 1.65. The summed E-state index contributed by atoms with van der Waals surface area (Å²) >= 11 is 0. The van der Waals surface area contributed by atoms with Gasteiger partial charge in [0.1, 0.15) is 5.75 Å². The second-order valence-corrected chi connectivity index (χ2v) is 5.54. The third-order valence-electron chi connectivity index (χ3n) is 3.34. The third kappa shape index (κ3) is 7.49. The topological polar surface area (TPSA) is 64.6 Å². The fraction of sp³-hybridized carbons (Fsp3) is 0.444. The first kappa shape index (κ1) is 18.7. The van der Waals surface area contributed by atoms with Crippen LogP contribution in [-0.2, 0) is 14.3 Å². The molecule has 23 heavy (non-hydrogen) atoms. The van der Waals surface area contributed by atoms with Gasteiger partial charge in [0.05, 0.1) is 6.61 Å². The summed E-state index contributed by atoms with van der Waals surface area (Å²) in [5.74, 6) is 0.262. The van der Waals surface area contributed by atoms with E-state index in [1.54, 1.807) is 6.08 Å². The number of hydrogen-bond acceptors (Lipinski definition) is 4. The van der Waals surface area contributed by atoms with E-state index in [4.69, 9.17) is 9.47 Å². The number of hydrogen-bond donors (Lipinski definition) is 1. The maximum atomic E-state index is 11.6. The van der Waals surface area contributed by atoms with Gasteiger partial charge < -0.3 is 14.8 Å². The molecule has 1 aromatic rings. The molecule has 0 saturated carbocycles. The minimum absolute atomic E-state index is 0.0422. The molecule has 1 aromatic carbocycles. The Morgan fingerprint density at radius 1 is 1.17 bits per heavy atom. The SMILES string of the molecule is CCOc1ccc(/C=C/C(=O)OCC(=O)N[C@H](C)C(C)C)cc1. The van der Waals surface area contributed by atoms with E-state index >= 15 is 0 Å². The van der Waals surface area contributed by atoms with E-state index in [9.17, 15) is 9.59 Å². The molecule has 1 N–H and O–H groups in total. The summed E-state index contributed by atoms with van der Waals surface area (Å²) in [6, 6.07) is 7.38. The summed E-state index contributed by atoms with van der Waals surface area (Å²) in [5, 5.41) is 2.77. The largest absolute Gasteiger partial charge is 0.494 e. The lowest BCUT2D eigenvalue weighted by atomic mass is 10.1. The number of nitrogens with one attached hydrogen (secondary N) is 1. The Bertz CT molecular complexity index is 534. The number of esters is 1. The summed E-state index contributed by atoms with van der Waals surface area (Å²) in [4.78, 5) is 23.2. The van der Waals surface area contributed by atoms with E-state index in [2.05, 4.69) is 5.32 Å². The smallest absolute Gasteiger partial charge is 0.331 e. The molecule has 0 bridgehead atoms. The zero-order valence-electron chi connectivity index (χ0n) is 14.2. The summed E-state index contributed by atoms with van der Waals surface area (Å²) < 4.78 is 10.2. The maximum absolute atomic E-state index is 11.6. The molecule has 0 aliphatic carbocycles. The highest BCUT2D eigenvalue weighted by Crippen LogP contribution is 2.13. The quantitative estimate of drug-likeness (QED) is 0.591. The van der Waals surface area contributed by atoms with E-state index in [-0.39, 0.29) is 18.6 Å². The number of amides is 1. The van der Waals surface area contributed by atoms with Crippen molar-refractivity contribution in [1.82, 2.24) is 5.32 Å². The lowest BCUT2D eigenvalue weighted by molar-refractivity contribution is -0.144. The van der Waals surface area contributed by atoms with Crippen LogP contribution in [0.15, 0.2) is 30.3 Å². The molecule has 0 aromatic heterocycles. The van der Waals surface area contributed by atoms with Crippen LogP contribution in [0.5, 0.6) is 5.75 Å². The summed E-state index contributed by atoms with van der Waals surface area (Å²) in [5.41, 5.74) is 0.850. The normalized spacial score (nSPS) is 12.2. The van der Waals surface area contributed by atoms with Crippen LogP contribution in [0, 0.1) is 5.92 Å². The number of benzene rings is 1. The van der Waals surface area contributed by atoms with Crippen LogP contribution in [-0.4, -0.2) is 31.1 Å². The van der Waals surface area contributed by atoms with E-state index in [1.807, 2.05) is 52.0 Å². The molecule has 5 heteroatoms. The minimum atomic E-state index is -0.550. The molecule has 0 saturated heterocycles. The minimum Gasteiger partial charge on any atom is -0.494 e. The van der Waals surface area contributed by atoms with Gasteiger partial charge in [-0.25, -0.2) is 4.79 Å². The lowest BCUT2D eigenvalue weighted by Crippen LogP contribution is -2.38. The van der Waals surface area contributed by atoms with E-state index in [1.165, 1.54) is 6.08 Å². The summed E-state index contributed by atoms with van der Waals surface area (Å²) in [7, 11) is 0. The number of carbonyl (C=O) groups is 2. The van der Waals surface area contributed by atoms with Gasteiger partial charge in [-0.3, -0.25) is 4.79 Å². The van der Waals surface area contributed by atoms with Crippen LogP contribution < -0.4 is 10.1 Å². The van der Waals surface area contributed by atoms with Gasteiger partial charge >= 0.3 is 5.97 Å². The fourth-order valence-electron chi connectivity index (χ4n) is 1.65. The van der Waals surface area contributed by atoms with Gasteiger partial charge in [-0.2, -0.15) is 0 Å². The molecular formula is C18H25NO4. The average molecular weight is 319 g/mol. The van der Waals surface area contributed by atoms with Gasteiger partial charge in [0, 0.05) is 12.1 Å². The molecule has 0 spiro atoms. The standard InChI is InChI=1S/C18H25NO4/c1-5-22-16-9-6-15(7-10-16)8-11-18(21)23-12-17(20)19-14(4)13(2)3/h6-11,13-14H,5,12H2,1-4H3,(H,19,20)/b11-8+/t14-/m1/s1. The predicted octanol–water partition coefficient (Wildman–Crippen LogP) is 2.80. The van der Waals surface area contributed by atoms with Crippen molar-refractivity contribution in [3.63, 3.8) is 0 Å². The predicted molar refractivity (Wildman–Crippen MR) is 90.0 cm³/mol. The highest BCUT2D eigenvalue weighted by molar-refractivity contribution is 5.89. The van der Waals surface area contributed by atoms with Crippen molar-refractivity contribution in [3.05, 3.63) is 35.9 Å². The number of carbonyl (C=O) groups excluding carboxylic acids is 2. The van der Waals surface area contributed by atoms with Crippen molar-refractivity contribution in [3.8, 4) is 5.75 Å². The molecule has 0 heterocycles. The second kappa shape index (κ2) is 9.66. The third-order valence-corrected chi connectivity index (χ3v) is 3.34. The average Bonchev–Trinajstić information content (AvgIpc) is 2.52. The van der Waals surface area contributed by atoms with Crippen LogP contribution in [0.4, 0.5) is 0 Å². The van der Waals surface area contributed by atoms with Crippen molar-refractivity contribution in [2.75, 3.05) is 13.2 Å². The summed E-state index contributed by atoms with van der Waals surface area (Å²) in [6.07, 6.45) is 2.93. The maximum Gasteiger partial charge on any atom is 0.331 e. The zero-order chi connectivity index (χ0) is 17.2. The first-order chi connectivity index (χ1) is 10.9. The van der Waals surface area contributed by atoms with Crippen molar-refractivity contribution in [2.45, 2.75) is 33.7 Å². The van der Waals surface area contributed by atoms with E-state index in [0.717, 1.165) is 11.3 Å². The van der Waals surface area contributed by atoms with E-state index in [0.29, 0.717) is 12.5 Å². The van der Waals surface area contributed by atoms with Gasteiger partial charge in [-0.15, -0.1) is 0 Å². The van der Waals surface area contributed by atoms with Gasteiger partial charge in [0.15, 0.2) is 6.61 Å². The van der Waals surface area contributed by atoms with Gasteiger partial charge in [0.2, 0.25) is 0 Å². The molecule has 1 rings (SSSR count). The number of rotatable bonds is 8. The van der Waals surface area contributed by atoms with Gasteiger partial charge in [-0.1, -0.05) is 26.0 Å². The Labute approximate surface area is 137 Å². The van der Waals surface area contributed by atoms with Gasteiger partial charge in [0.25, 0.3) is 5.91 Å². The van der Waals surface area contributed by atoms with Crippen LogP contribution >= 0.6 is 0 Å². The Morgan fingerprint density at radius 3 is 2.39 bits per heavy atom. The molecular weight excluding hydrogens is 294 g/mol. The monoisotopic (exact) mass is 319 g/mol. The Kier molecular flexibility index (Phi) is 7.88. The highest BCUT2D eigenvalue weighted by atomic mass is 16.5. The molecule has 0 fully saturated rings. The summed E-state index contributed by atoms with van der Waals surface area (Å²) in [6.45, 7) is 8.19. The van der Waals surface area contributed by atoms with Crippen LogP contribution in [0.3, 0.4) is 0 Å². The van der Waals surface area contributed by atoms with Crippen molar-refractivity contribution < 1.29 is 19.1 Å². The van der Waals surface area contributed by atoms with Gasteiger partial charge in [-0.05, 0) is 43.5 Å². The number of ether oxygens (including phenoxy) is 2. The first-order valence-electron chi connectivity index (χ1n) is 7.79. The van der Waals surface area contributed by atoms with Crippen molar-refractivity contribution >= 4 is 18.0 Å². The van der Waals surface area contributed by atoms with Crippen LogP contribution in [0.1, 0.15) is 33.3 Å². The molecule has 1 amide bonds. The van der Waals surface area contributed by atoms with Crippen molar-refractivity contribution in [2.24, 2.45) is 5.92 Å². The van der Waals surface area contributed by atoms with Crippen molar-refractivity contribution in [1.29, 1.82) is 0 Å². The second-order valence-electron chi connectivity index (χ2n) is 5.54. The molecule has 126 valence electrons. The van der Waals surface area contributed by atoms with Crippen LogP contribution in [0.2, 0.25) is 0 Å². The Hall–Kier alpha value is -2.30. The highest BCUT2D eigenvalue weighted by Gasteiger charge is 2.11. The van der Waals surface area contributed by atoms with E-state index < -0.39 is 5.97 Å². The molecule has 0 radical (unpaired) electrons.